The minimum atomic E-state index is 0.0196. The molecule has 0 spiro atoms. The van der Waals surface area contributed by atoms with Crippen molar-refractivity contribution in [2.45, 2.75) is 206 Å². The van der Waals surface area contributed by atoms with Crippen molar-refractivity contribution in [3.8, 4) is 5.69 Å². The van der Waals surface area contributed by atoms with Crippen LogP contribution in [-0.2, 0) is 62.2 Å². The second kappa shape index (κ2) is 20.0. The highest BCUT2D eigenvalue weighted by Crippen LogP contribution is 2.49. The van der Waals surface area contributed by atoms with Crippen LogP contribution in [0.3, 0.4) is 0 Å². The lowest BCUT2D eigenvalue weighted by atomic mass is 9.33. The Balaban J connectivity index is 1.12. The largest absolute Gasteiger partial charge is 0.311 e. The normalized spacial score (nSPS) is 17.8. The lowest BCUT2D eigenvalue weighted by molar-refractivity contribution is 0.590. The number of fused-ring (bicyclic) bond motifs is 11. The van der Waals surface area contributed by atoms with Crippen molar-refractivity contribution in [1.82, 2.24) is 4.57 Å². The third kappa shape index (κ3) is 8.86. The quantitative estimate of drug-likeness (QED) is 0.163. The maximum absolute atomic E-state index is 2.80. The summed E-state index contributed by atoms with van der Waals surface area (Å²) in [4.78, 5) is 5.60. The Labute approximate surface area is 467 Å². The van der Waals surface area contributed by atoms with Crippen LogP contribution in [0, 0.1) is 0 Å². The van der Waals surface area contributed by atoms with E-state index in [2.05, 4.69) is 165 Å². The molecule has 4 heteroatoms. The number of nitrogens with zero attached hydrogens (tertiary/aromatic N) is 3. The first-order valence-corrected chi connectivity index (χ1v) is 31.4. The summed E-state index contributed by atoms with van der Waals surface area (Å²) in [6.07, 6.45) is 30.2. The van der Waals surface area contributed by atoms with Crippen LogP contribution < -0.4 is 26.2 Å². The summed E-state index contributed by atoms with van der Waals surface area (Å²) in [5.41, 5.74) is 31.8. The summed E-state index contributed by atoms with van der Waals surface area (Å²) in [6, 6.07) is 46.5. The molecule has 0 N–H and O–H groups in total. The highest BCUT2D eigenvalue weighted by Gasteiger charge is 2.45. The Morgan fingerprint density at radius 1 is 0.308 bits per heavy atom. The first kappa shape index (κ1) is 50.2. The Kier molecular flexibility index (Phi) is 12.9. The number of aryl methyl sites for hydroxylation is 8. The molecule has 78 heavy (non-hydrogen) atoms. The minimum Gasteiger partial charge on any atom is -0.311 e. The van der Waals surface area contributed by atoms with E-state index in [0.29, 0.717) is 0 Å². The van der Waals surface area contributed by atoms with Crippen LogP contribution in [-0.4, -0.2) is 11.3 Å². The smallest absolute Gasteiger partial charge is 0.252 e. The van der Waals surface area contributed by atoms with E-state index in [1.165, 1.54) is 218 Å². The van der Waals surface area contributed by atoms with Crippen LogP contribution in [0.1, 0.15) is 200 Å². The fraction of sp³-hybridized carbons (Fsp3) is 0.432. The Hall–Kier alpha value is -6.00. The Morgan fingerprint density at radius 2 is 0.654 bits per heavy atom. The summed E-state index contributed by atoms with van der Waals surface area (Å²) in [7, 11) is 0. The van der Waals surface area contributed by atoms with E-state index < -0.39 is 0 Å². The molecular formula is C74H84BN3. The fourth-order valence-electron chi connectivity index (χ4n) is 15.5. The second-order valence-electron chi connectivity index (χ2n) is 27.2. The van der Waals surface area contributed by atoms with E-state index in [9.17, 15) is 0 Å². The molecule has 0 saturated heterocycles. The molecule has 2 aliphatic heterocycles. The molecule has 14 rings (SSSR count). The third-order valence-electron chi connectivity index (χ3n) is 19.9. The molecule has 0 atom stereocenters. The zero-order valence-corrected chi connectivity index (χ0v) is 48.3. The van der Waals surface area contributed by atoms with Crippen molar-refractivity contribution < 1.29 is 0 Å². The summed E-state index contributed by atoms with van der Waals surface area (Å²) >= 11 is 0. The number of hydrogen-bond donors (Lipinski definition) is 0. The van der Waals surface area contributed by atoms with Crippen molar-refractivity contribution in [2.75, 3.05) is 9.80 Å². The Morgan fingerprint density at radius 3 is 1.03 bits per heavy atom. The predicted molar refractivity (Wildman–Crippen MR) is 336 cm³/mol. The molecule has 1 aromatic heterocycles. The van der Waals surface area contributed by atoms with Gasteiger partial charge in [0, 0.05) is 44.9 Å². The number of rotatable bonds is 3. The van der Waals surface area contributed by atoms with Crippen molar-refractivity contribution >= 4 is 79.0 Å². The van der Waals surface area contributed by atoms with Gasteiger partial charge in [-0.1, -0.05) is 129 Å². The van der Waals surface area contributed by atoms with Crippen LogP contribution >= 0.6 is 0 Å². The molecule has 3 nitrogen and oxygen atoms in total. The van der Waals surface area contributed by atoms with Crippen LogP contribution in [0.4, 0.5) is 34.1 Å². The van der Waals surface area contributed by atoms with Crippen LogP contribution in [0.15, 0.2) is 109 Å². The average Bonchev–Trinajstić information content (AvgIpc) is 3.81. The molecule has 0 fully saturated rings. The van der Waals surface area contributed by atoms with Gasteiger partial charge in [-0.2, -0.15) is 0 Å². The molecule has 7 aromatic carbocycles. The maximum Gasteiger partial charge on any atom is 0.252 e. The van der Waals surface area contributed by atoms with Gasteiger partial charge in [-0.3, -0.25) is 0 Å². The van der Waals surface area contributed by atoms with E-state index in [4.69, 9.17) is 0 Å². The molecule has 8 aromatic rings. The van der Waals surface area contributed by atoms with E-state index in [1.54, 1.807) is 44.5 Å². The highest BCUT2D eigenvalue weighted by atomic mass is 15.2. The molecule has 3 heterocycles. The molecule has 0 saturated carbocycles. The Bertz CT molecular complexity index is 3420. The summed E-state index contributed by atoms with van der Waals surface area (Å²) in [5.74, 6) is 0. The van der Waals surface area contributed by atoms with Crippen molar-refractivity contribution in [3.05, 3.63) is 165 Å². The molecule has 398 valence electrons. The van der Waals surface area contributed by atoms with Crippen molar-refractivity contribution in [2.24, 2.45) is 0 Å². The van der Waals surface area contributed by atoms with Crippen molar-refractivity contribution in [3.63, 3.8) is 0 Å². The minimum absolute atomic E-state index is 0.0196. The topological polar surface area (TPSA) is 11.4 Å². The SMILES string of the molecule is CC(C)(C)c1ccc2c(c1)c1cc(C(C)(C)C)ccc1n2-c1cc2c3c(c1)N(c1ccc4c(c1)CCCCCC4)c1cc4c(cc1B3c1cc3c(cc1N2c1ccc2c(c1)CCCCCC2)CCCCCC3)CCCCCC4. The van der Waals surface area contributed by atoms with Gasteiger partial charge in [-0.05, 0) is 258 Å². The monoisotopic (exact) mass is 1030 g/mol. The zero-order valence-electron chi connectivity index (χ0n) is 48.3. The lowest BCUT2D eigenvalue weighted by Crippen LogP contribution is -2.61. The van der Waals surface area contributed by atoms with Gasteiger partial charge in [0.25, 0.3) is 6.71 Å². The van der Waals surface area contributed by atoms with E-state index >= 15 is 0 Å². The van der Waals surface area contributed by atoms with Gasteiger partial charge in [0.2, 0.25) is 0 Å². The number of anilines is 6. The van der Waals surface area contributed by atoms with Gasteiger partial charge in [0.1, 0.15) is 0 Å². The van der Waals surface area contributed by atoms with Crippen molar-refractivity contribution in [1.29, 1.82) is 0 Å². The summed E-state index contributed by atoms with van der Waals surface area (Å²) in [6.45, 7) is 14.3. The zero-order chi connectivity index (χ0) is 52.9. The lowest BCUT2D eigenvalue weighted by Gasteiger charge is -2.45. The third-order valence-corrected chi connectivity index (χ3v) is 19.9. The molecule has 0 radical (unpaired) electrons. The first-order valence-electron chi connectivity index (χ1n) is 31.4. The highest BCUT2D eigenvalue weighted by molar-refractivity contribution is 7.00. The average molecular weight is 1030 g/mol. The number of benzene rings is 7. The van der Waals surface area contributed by atoms with Gasteiger partial charge in [-0.25, -0.2) is 0 Å². The van der Waals surface area contributed by atoms with E-state index in [-0.39, 0.29) is 17.5 Å². The standard InChI is InChI=1S/C74H84BN3/c1-73(2,3)57-33-37-66-62(45-57)63-46-58(74(4,5)6)34-38-67(63)78(66)61-47-70-72-71(48-61)77(60-36-32-50-24-16-8-10-18-26-52(50)40-60)69-44-56-30-22-14-12-20-28-54(56)42-65(69)75(72)64-41-53-27-19-11-13-21-29-55(53)43-68(64)76(70)59-35-31-49-23-15-7-9-17-25-51(49)39-59/h31-48H,7-30H2,1-6H3. The van der Waals surface area contributed by atoms with Gasteiger partial charge in [0.05, 0.1) is 16.7 Å². The molecular weight excluding hydrogens is 942 g/mol. The van der Waals surface area contributed by atoms with Crippen LogP contribution in [0.5, 0.6) is 0 Å². The molecule has 6 aliphatic rings. The molecule has 0 amide bonds. The predicted octanol–water partition coefficient (Wildman–Crippen LogP) is 18.1. The van der Waals surface area contributed by atoms with Gasteiger partial charge in [-0.15, -0.1) is 0 Å². The first-order chi connectivity index (χ1) is 37.9. The summed E-state index contributed by atoms with van der Waals surface area (Å²) in [5, 5.41) is 2.69. The van der Waals surface area contributed by atoms with Gasteiger partial charge < -0.3 is 14.4 Å². The molecule has 4 aliphatic carbocycles. The second-order valence-corrected chi connectivity index (χ2v) is 27.2. The van der Waals surface area contributed by atoms with Crippen LogP contribution in [0.25, 0.3) is 27.5 Å². The maximum atomic E-state index is 2.80. The fourth-order valence-corrected chi connectivity index (χ4v) is 15.5. The van der Waals surface area contributed by atoms with E-state index in [0.717, 1.165) is 25.7 Å². The number of hydrogen-bond acceptors (Lipinski definition) is 2. The van der Waals surface area contributed by atoms with Crippen LogP contribution in [0.2, 0.25) is 0 Å². The summed E-state index contributed by atoms with van der Waals surface area (Å²) < 4.78 is 2.67. The molecule has 0 unspecified atom stereocenters. The van der Waals surface area contributed by atoms with E-state index in [1.807, 2.05) is 0 Å². The number of aromatic nitrogens is 1. The van der Waals surface area contributed by atoms with Gasteiger partial charge in [0.15, 0.2) is 0 Å². The molecule has 0 bridgehead atoms. The van der Waals surface area contributed by atoms with Gasteiger partial charge >= 0.3 is 0 Å².